The number of hydrogen-bond acceptors (Lipinski definition) is 3. The standard InChI is InChI=1S/C4H6BrNO2/c5-6-3-1-2-8-4(3)7/h3,6H,1-2H2/t3-/m0/s1. The zero-order valence-corrected chi connectivity index (χ0v) is 5.77. The Morgan fingerprint density at radius 2 is 2.62 bits per heavy atom. The van der Waals surface area contributed by atoms with Gasteiger partial charge in [-0.2, -0.15) is 0 Å². The molecule has 1 fully saturated rings. The predicted molar refractivity (Wildman–Crippen MR) is 31.4 cm³/mol. The van der Waals surface area contributed by atoms with Crippen LogP contribution in [0.5, 0.6) is 0 Å². The van der Waals surface area contributed by atoms with Crippen LogP contribution in [-0.2, 0) is 9.53 Å². The van der Waals surface area contributed by atoms with Crippen molar-refractivity contribution in [3.63, 3.8) is 0 Å². The van der Waals surface area contributed by atoms with E-state index in [4.69, 9.17) is 0 Å². The molecule has 46 valence electrons. The van der Waals surface area contributed by atoms with Crippen LogP contribution in [0.4, 0.5) is 0 Å². The van der Waals surface area contributed by atoms with E-state index in [-0.39, 0.29) is 12.0 Å². The van der Waals surface area contributed by atoms with Crippen LogP contribution in [0.25, 0.3) is 0 Å². The Kier molecular flexibility index (Phi) is 1.85. The highest BCUT2D eigenvalue weighted by atomic mass is 79.9. The van der Waals surface area contributed by atoms with Gasteiger partial charge in [0.1, 0.15) is 6.04 Å². The third kappa shape index (κ3) is 1.00. The molecule has 0 bridgehead atoms. The van der Waals surface area contributed by atoms with Gasteiger partial charge in [0, 0.05) is 22.6 Å². The Morgan fingerprint density at radius 3 is 2.88 bits per heavy atom. The second-order valence-corrected chi connectivity index (χ2v) is 2.08. The largest absolute Gasteiger partial charge is 0.464 e. The van der Waals surface area contributed by atoms with Crippen LogP contribution in [0.15, 0.2) is 0 Å². The summed E-state index contributed by atoms with van der Waals surface area (Å²) < 4.78 is 7.28. The molecule has 1 atom stereocenters. The molecule has 4 heteroatoms. The fourth-order valence-electron chi connectivity index (χ4n) is 0.595. The maximum Gasteiger partial charge on any atom is 0.324 e. The number of carbonyl (C=O) groups excluding carboxylic acids is 1. The fourth-order valence-corrected chi connectivity index (χ4v) is 1.01. The highest BCUT2D eigenvalue weighted by molar-refractivity contribution is 9.08. The van der Waals surface area contributed by atoms with Crippen molar-refractivity contribution in [2.24, 2.45) is 0 Å². The quantitative estimate of drug-likeness (QED) is 0.462. The average molecular weight is 180 g/mol. The van der Waals surface area contributed by atoms with Crippen LogP contribution in [0.2, 0.25) is 0 Å². The third-order valence-electron chi connectivity index (χ3n) is 1.07. The van der Waals surface area contributed by atoms with Crippen LogP contribution in [-0.4, -0.2) is 18.6 Å². The molecule has 0 saturated carbocycles. The van der Waals surface area contributed by atoms with Gasteiger partial charge in [-0.25, -0.2) is 4.34 Å². The van der Waals surface area contributed by atoms with Crippen LogP contribution >= 0.6 is 16.1 Å². The summed E-state index contributed by atoms with van der Waals surface area (Å²) in [6.45, 7) is 0.544. The van der Waals surface area contributed by atoms with Crippen molar-refractivity contribution >= 4 is 22.1 Å². The Balaban J connectivity index is 2.42. The molecule has 1 aliphatic rings. The summed E-state index contributed by atoms with van der Waals surface area (Å²) in [4.78, 5) is 10.5. The Morgan fingerprint density at radius 1 is 1.88 bits per heavy atom. The van der Waals surface area contributed by atoms with E-state index >= 15 is 0 Å². The molecule has 8 heavy (non-hydrogen) atoms. The van der Waals surface area contributed by atoms with Gasteiger partial charge < -0.3 is 4.74 Å². The van der Waals surface area contributed by atoms with E-state index in [0.29, 0.717) is 6.61 Å². The van der Waals surface area contributed by atoms with Crippen molar-refractivity contribution in [2.45, 2.75) is 12.5 Å². The van der Waals surface area contributed by atoms with E-state index in [1.54, 1.807) is 0 Å². The summed E-state index contributed by atoms with van der Waals surface area (Å²) in [6, 6.07) is -0.130. The summed E-state index contributed by atoms with van der Waals surface area (Å²) in [5, 5.41) is 0. The summed E-state index contributed by atoms with van der Waals surface area (Å²) in [6.07, 6.45) is 0.768. The lowest BCUT2D eigenvalue weighted by Gasteiger charge is -1.96. The first-order valence-corrected chi connectivity index (χ1v) is 3.16. The SMILES string of the molecule is O=C1OCC[C@@H]1NBr. The van der Waals surface area contributed by atoms with Gasteiger partial charge in [-0.1, -0.05) is 0 Å². The molecule has 1 rings (SSSR count). The number of cyclic esters (lactones) is 1. The van der Waals surface area contributed by atoms with Crippen molar-refractivity contribution in [3.05, 3.63) is 0 Å². The number of halogens is 1. The van der Waals surface area contributed by atoms with Gasteiger partial charge in [-0.3, -0.25) is 4.79 Å². The lowest BCUT2D eigenvalue weighted by atomic mass is 10.3. The Hall–Kier alpha value is -0.0900. The van der Waals surface area contributed by atoms with Gasteiger partial charge in [0.15, 0.2) is 0 Å². The molecular formula is C4H6BrNO2. The van der Waals surface area contributed by atoms with Gasteiger partial charge in [0.25, 0.3) is 0 Å². The minimum atomic E-state index is -0.165. The molecule has 1 N–H and O–H groups in total. The summed E-state index contributed by atoms with van der Waals surface area (Å²) in [5.41, 5.74) is 0. The van der Waals surface area contributed by atoms with Gasteiger partial charge >= 0.3 is 5.97 Å². The number of esters is 1. The zero-order valence-electron chi connectivity index (χ0n) is 4.19. The Bertz CT molecular complexity index is 106. The van der Waals surface area contributed by atoms with Gasteiger partial charge in [0.05, 0.1) is 6.61 Å². The second-order valence-electron chi connectivity index (χ2n) is 1.62. The van der Waals surface area contributed by atoms with Crippen molar-refractivity contribution in [3.8, 4) is 0 Å². The molecule has 0 aromatic carbocycles. The molecule has 1 saturated heterocycles. The van der Waals surface area contributed by atoms with E-state index in [1.165, 1.54) is 0 Å². The normalized spacial score (nSPS) is 28.1. The molecular weight excluding hydrogens is 174 g/mol. The molecule has 3 nitrogen and oxygen atoms in total. The minimum Gasteiger partial charge on any atom is -0.464 e. The first-order valence-electron chi connectivity index (χ1n) is 2.37. The average Bonchev–Trinajstić information content (AvgIpc) is 2.14. The van der Waals surface area contributed by atoms with Crippen LogP contribution in [0.1, 0.15) is 6.42 Å². The molecule has 0 aromatic heterocycles. The first-order chi connectivity index (χ1) is 3.84. The second kappa shape index (κ2) is 2.46. The highest BCUT2D eigenvalue weighted by Crippen LogP contribution is 2.05. The lowest BCUT2D eigenvalue weighted by Crippen LogP contribution is -2.24. The number of hydrogen-bond donors (Lipinski definition) is 1. The molecule has 0 spiro atoms. The highest BCUT2D eigenvalue weighted by Gasteiger charge is 2.24. The summed E-state index contributed by atoms with van der Waals surface area (Å²) >= 11 is 2.97. The molecule has 0 amide bonds. The molecule has 1 aliphatic heterocycles. The monoisotopic (exact) mass is 179 g/mol. The van der Waals surface area contributed by atoms with E-state index in [1.807, 2.05) is 0 Å². The Labute approximate surface area is 55.7 Å². The van der Waals surface area contributed by atoms with E-state index in [2.05, 4.69) is 25.2 Å². The van der Waals surface area contributed by atoms with Crippen molar-refractivity contribution in [1.82, 2.24) is 4.34 Å². The zero-order chi connectivity index (χ0) is 5.98. The first kappa shape index (κ1) is 6.04. The van der Waals surface area contributed by atoms with Gasteiger partial charge in [-0.05, 0) is 0 Å². The topological polar surface area (TPSA) is 38.3 Å². The lowest BCUT2D eigenvalue weighted by molar-refractivity contribution is -0.139. The molecule has 1 heterocycles. The maximum absolute atomic E-state index is 10.5. The van der Waals surface area contributed by atoms with Crippen molar-refractivity contribution in [2.75, 3.05) is 6.61 Å². The number of carbonyl (C=O) groups is 1. The summed E-state index contributed by atoms with van der Waals surface area (Å²) in [7, 11) is 0. The fraction of sp³-hybridized carbons (Fsp3) is 0.750. The summed E-state index contributed by atoms with van der Waals surface area (Å²) in [5.74, 6) is -0.165. The molecule has 0 radical (unpaired) electrons. The molecule has 0 unspecified atom stereocenters. The smallest absolute Gasteiger partial charge is 0.324 e. The van der Waals surface area contributed by atoms with Crippen molar-refractivity contribution < 1.29 is 9.53 Å². The molecule has 0 aliphatic carbocycles. The van der Waals surface area contributed by atoms with Gasteiger partial charge in [0.2, 0.25) is 0 Å². The van der Waals surface area contributed by atoms with Crippen LogP contribution in [0, 0.1) is 0 Å². The predicted octanol–water partition coefficient (Wildman–Crippen LogP) is 0.201. The number of ether oxygens (including phenoxy) is 1. The van der Waals surface area contributed by atoms with Crippen LogP contribution in [0.3, 0.4) is 0 Å². The number of nitrogens with one attached hydrogen (secondary N) is 1. The van der Waals surface area contributed by atoms with E-state index in [0.717, 1.165) is 6.42 Å². The van der Waals surface area contributed by atoms with E-state index < -0.39 is 0 Å². The molecule has 0 aromatic rings. The minimum absolute atomic E-state index is 0.130. The maximum atomic E-state index is 10.5. The van der Waals surface area contributed by atoms with Gasteiger partial charge in [-0.15, -0.1) is 0 Å². The van der Waals surface area contributed by atoms with E-state index in [9.17, 15) is 4.79 Å². The van der Waals surface area contributed by atoms with Crippen LogP contribution < -0.4 is 4.34 Å². The number of rotatable bonds is 1. The third-order valence-corrected chi connectivity index (χ3v) is 1.62. The van der Waals surface area contributed by atoms with Crippen molar-refractivity contribution in [1.29, 1.82) is 0 Å².